The maximum absolute atomic E-state index is 12.2. The molecule has 0 saturated heterocycles. The number of rotatable bonds is 7. The Morgan fingerprint density at radius 3 is 2.70 bits per heavy atom. The van der Waals surface area contributed by atoms with Gasteiger partial charge < -0.3 is 9.84 Å². The third-order valence-electron chi connectivity index (χ3n) is 4.30. The normalized spacial score (nSPS) is 12.3. The second kappa shape index (κ2) is 7.87. The predicted molar refractivity (Wildman–Crippen MR) is 104 cm³/mol. The lowest BCUT2D eigenvalue weighted by molar-refractivity contribution is -0.137. The molecule has 8 heteroatoms. The topological polar surface area (TPSA) is 94.3 Å². The highest BCUT2D eigenvalue weighted by atomic mass is 32.1. The fourth-order valence-electron chi connectivity index (χ4n) is 2.83. The molecule has 0 aliphatic carbocycles. The quantitative estimate of drug-likeness (QED) is 0.667. The number of carboxylic acids is 1. The van der Waals surface area contributed by atoms with Gasteiger partial charge in [-0.2, -0.15) is 10.2 Å². The number of thiazole rings is 1. The van der Waals surface area contributed by atoms with Gasteiger partial charge in [-0.05, 0) is 50.1 Å². The maximum Gasteiger partial charge on any atom is 0.308 e. The number of aromatic nitrogens is 3. The first-order chi connectivity index (χ1) is 12.9. The molecule has 142 valence electrons. The average Bonchev–Trinajstić information content (AvgIpc) is 2.93. The fourth-order valence-corrected chi connectivity index (χ4v) is 3.76. The van der Waals surface area contributed by atoms with Gasteiger partial charge >= 0.3 is 10.8 Å². The van der Waals surface area contributed by atoms with Crippen molar-refractivity contribution >= 4 is 27.5 Å². The van der Waals surface area contributed by atoms with Crippen molar-refractivity contribution in [3.05, 3.63) is 50.9 Å². The van der Waals surface area contributed by atoms with E-state index in [9.17, 15) is 9.59 Å². The number of benzene rings is 1. The van der Waals surface area contributed by atoms with E-state index in [0.29, 0.717) is 5.75 Å². The van der Waals surface area contributed by atoms with Crippen molar-refractivity contribution < 1.29 is 14.6 Å². The molecule has 0 saturated carbocycles. The summed E-state index contributed by atoms with van der Waals surface area (Å²) in [7, 11) is 0. The minimum atomic E-state index is -0.928. The van der Waals surface area contributed by atoms with E-state index in [1.807, 2.05) is 45.0 Å². The highest BCUT2D eigenvalue weighted by Crippen LogP contribution is 2.31. The Kier molecular flexibility index (Phi) is 5.55. The summed E-state index contributed by atoms with van der Waals surface area (Å²) in [4.78, 5) is 22.9. The van der Waals surface area contributed by atoms with Gasteiger partial charge in [0.2, 0.25) is 0 Å². The van der Waals surface area contributed by atoms with E-state index in [2.05, 4.69) is 10.2 Å². The molecule has 1 aromatic carbocycles. The summed E-state index contributed by atoms with van der Waals surface area (Å²) in [5.41, 5.74) is 3.22. The van der Waals surface area contributed by atoms with Crippen LogP contribution in [-0.4, -0.2) is 25.8 Å². The monoisotopic (exact) mass is 387 g/mol. The Bertz CT molecular complexity index is 1020. The van der Waals surface area contributed by atoms with Crippen LogP contribution in [0.5, 0.6) is 5.75 Å². The summed E-state index contributed by atoms with van der Waals surface area (Å²) in [6, 6.07) is 7.53. The van der Waals surface area contributed by atoms with E-state index < -0.39 is 5.97 Å². The van der Waals surface area contributed by atoms with Crippen LogP contribution < -0.4 is 9.61 Å². The van der Waals surface area contributed by atoms with Crippen LogP contribution in [0.3, 0.4) is 0 Å². The van der Waals surface area contributed by atoms with Crippen molar-refractivity contribution in [2.75, 3.05) is 0 Å². The van der Waals surface area contributed by atoms with Crippen LogP contribution in [0, 0.1) is 13.8 Å². The van der Waals surface area contributed by atoms with Gasteiger partial charge in [0, 0.05) is 6.54 Å². The third-order valence-corrected chi connectivity index (χ3v) is 5.24. The number of carbonyl (C=O) groups is 1. The van der Waals surface area contributed by atoms with E-state index in [1.165, 1.54) is 4.57 Å². The molecule has 27 heavy (non-hydrogen) atoms. The van der Waals surface area contributed by atoms with Crippen molar-refractivity contribution in [2.45, 2.75) is 46.3 Å². The predicted octanol–water partition coefficient (Wildman–Crippen LogP) is 3.47. The van der Waals surface area contributed by atoms with Crippen molar-refractivity contribution in [1.82, 2.24) is 14.8 Å². The van der Waals surface area contributed by atoms with E-state index >= 15 is 0 Å². The van der Waals surface area contributed by atoms with Gasteiger partial charge in [0.15, 0.2) is 0 Å². The van der Waals surface area contributed by atoms with Crippen molar-refractivity contribution in [3.8, 4) is 5.75 Å². The molecular weight excluding hydrogens is 366 g/mol. The molecule has 0 aliphatic heterocycles. The SMILES string of the molecule is CCC(Oc1cc2sc(=O)n(CCC(=O)O)c2cc1C)c1ccc(C)nn1. The summed E-state index contributed by atoms with van der Waals surface area (Å²) < 4.78 is 8.46. The Balaban J connectivity index is 1.93. The van der Waals surface area contributed by atoms with Gasteiger partial charge in [-0.3, -0.25) is 14.2 Å². The Hall–Kier alpha value is -2.74. The van der Waals surface area contributed by atoms with Gasteiger partial charge in [-0.15, -0.1) is 0 Å². The van der Waals surface area contributed by atoms with Gasteiger partial charge in [0.1, 0.15) is 17.5 Å². The highest BCUT2D eigenvalue weighted by Gasteiger charge is 2.17. The Labute approximate surface area is 160 Å². The van der Waals surface area contributed by atoms with Crippen LogP contribution in [0.25, 0.3) is 10.2 Å². The Morgan fingerprint density at radius 1 is 1.30 bits per heavy atom. The van der Waals surface area contributed by atoms with Gasteiger partial charge in [0.25, 0.3) is 0 Å². The average molecular weight is 387 g/mol. The molecule has 0 aliphatic rings. The molecule has 2 heterocycles. The zero-order valence-electron chi connectivity index (χ0n) is 15.4. The van der Waals surface area contributed by atoms with E-state index in [1.54, 1.807) is 0 Å². The van der Waals surface area contributed by atoms with E-state index in [-0.39, 0.29) is 23.9 Å². The fraction of sp³-hybridized carbons (Fsp3) is 0.368. The molecule has 1 N–H and O–H groups in total. The molecule has 7 nitrogen and oxygen atoms in total. The molecule has 0 bridgehead atoms. The first-order valence-electron chi connectivity index (χ1n) is 8.71. The van der Waals surface area contributed by atoms with Crippen molar-refractivity contribution in [2.24, 2.45) is 0 Å². The lowest BCUT2D eigenvalue weighted by atomic mass is 10.1. The molecule has 0 spiro atoms. The summed E-state index contributed by atoms with van der Waals surface area (Å²) in [6.45, 7) is 5.96. The minimum Gasteiger partial charge on any atom is -0.484 e. The largest absolute Gasteiger partial charge is 0.484 e. The van der Waals surface area contributed by atoms with Crippen LogP contribution in [-0.2, 0) is 11.3 Å². The standard InChI is InChI=1S/C19H21N3O4S/c1-4-15(13-6-5-12(3)20-21-13)26-16-10-17-14(9-11(16)2)22(19(25)27-17)8-7-18(23)24/h5-6,9-10,15H,4,7-8H2,1-3H3,(H,23,24). The number of ether oxygens (including phenoxy) is 1. The molecule has 3 rings (SSSR count). The first kappa shape index (κ1) is 19.0. The molecule has 0 fully saturated rings. The molecular formula is C19H21N3O4S. The van der Waals surface area contributed by atoms with Crippen LogP contribution in [0.1, 0.15) is 42.8 Å². The second-order valence-corrected chi connectivity index (χ2v) is 7.36. The number of fused-ring (bicyclic) bond motifs is 1. The number of hydrogen-bond donors (Lipinski definition) is 1. The first-order valence-corrected chi connectivity index (χ1v) is 9.53. The Morgan fingerprint density at radius 2 is 2.07 bits per heavy atom. The molecule has 0 radical (unpaired) electrons. The second-order valence-electron chi connectivity index (χ2n) is 6.36. The van der Waals surface area contributed by atoms with Gasteiger partial charge in [0.05, 0.1) is 22.3 Å². The van der Waals surface area contributed by atoms with Crippen molar-refractivity contribution in [3.63, 3.8) is 0 Å². The number of carboxylic acid groups (broad SMARTS) is 1. The van der Waals surface area contributed by atoms with Crippen LogP contribution >= 0.6 is 11.3 Å². The van der Waals surface area contributed by atoms with Crippen molar-refractivity contribution in [1.29, 1.82) is 0 Å². The summed E-state index contributed by atoms with van der Waals surface area (Å²) in [5.74, 6) is -0.244. The number of aliphatic carboxylic acids is 1. The number of hydrogen-bond acceptors (Lipinski definition) is 6. The van der Waals surface area contributed by atoms with Crippen LogP contribution in [0.4, 0.5) is 0 Å². The molecule has 3 aromatic rings. The zero-order valence-corrected chi connectivity index (χ0v) is 16.2. The van der Waals surface area contributed by atoms with Crippen LogP contribution in [0.15, 0.2) is 29.1 Å². The lowest BCUT2D eigenvalue weighted by Crippen LogP contribution is -2.15. The minimum absolute atomic E-state index is 0.0902. The highest BCUT2D eigenvalue weighted by molar-refractivity contribution is 7.16. The molecule has 0 amide bonds. The van der Waals surface area contributed by atoms with E-state index in [0.717, 1.165) is 44.9 Å². The maximum atomic E-state index is 12.2. The van der Waals surface area contributed by atoms with Crippen LogP contribution in [0.2, 0.25) is 0 Å². The number of aryl methyl sites for hydroxylation is 3. The van der Waals surface area contributed by atoms with E-state index in [4.69, 9.17) is 9.84 Å². The summed E-state index contributed by atoms with van der Waals surface area (Å²) >= 11 is 1.09. The zero-order chi connectivity index (χ0) is 19.6. The van der Waals surface area contributed by atoms with Gasteiger partial charge in [-0.25, -0.2) is 0 Å². The number of nitrogens with zero attached hydrogens (tertiary/aromatic N) is 3. The molecule has 2 aromatic heterocycles. The summed E-state index contributed by atoms with van der Waals surface area (Å²) in [5, 5.41) is 17.2. The summed E-state index contributed by atoms with van der Waals surface area (Å²) in [6.07, 6.45) is 0.401. The van der Waals surface area contributed by atoms with Gasteiger partial charge in [-0.1, -0.05) is 18.3 Å². The molecule has 1 unspecified atom stereocenters. The lowest BCUT2D eigenvalue weighted by Gasteiger charge is -2.18. The third kappa shape index (κ3) is 4.16. The smallest absolute Gasteiger partial charge is 0.308 e. The molecule has 1 atom stereocenters.